The lowest BCUT2D eigenvalue weighted by Crippen LogP contribution is -2.27. The van der Waals surface area contributed by atoms with Gasteiger partial charge < -0.3 is 14.6 Å². The molecule has 2 aromatic heterocycles. The van der Waals surface area contributed by atoms with Gasteiger partial charge in [0.25, 0.3) is 5.91 Å². The number of hydrogen-bond acceptors (Lipinski definition) is 5. The van der Waals surface area contributed by atoms with Crippen molar-refractivity contribution in [3.63, 3.8) is 0 Å². The summed E-state index contributed by atoms with van der Waals surface area (Å²) in [5, 5.41) is 2.90. The Morgan fingerprint density at radius 2 is 1.88 bits per heavy atom. The first-order chi connectivity index (χ1) is 12.3. The number of carbonyl (C=O) groups excluding carboxylic acids is 1. The minimum Gasteiger partial charge on any atom is -0.494 e. The Balaban J connectivity index is 1.56. The monoisotopic (exact) mass is 337 g/mol. The summed E-state index contributed by atoms with van der Waals surface area (Å²) in [6.45, 7) is 3.58. The zero-order valence-electron chi connectivity index (χ0n) is 13.9. The molecule has 0 atom stereocenters. The highest BCUT2D eigenvalue weighted by Gasteiger charge is 2.09. The molecule has 0 spiro atoms. The maximum Gasteiger partial charge on any atom is 0.251 e. The predicted octanol–water partition coefficient (Wildman–Crippen LogP) is 2.17. The van der Waals surface area contributed by atoms with Crippen LogP contribution >= 0.6 is 0 Å². The first kappa shape index (κ1) is 16.6. The van der Waals surface area contributed by atoms with Crippen molar-refractivity contribution >= 4 is 5.91 Å². The van der Waals surface area contributed by atoms with Crippen molar-refractivity contribution in [2.45, 2.75) is 13.5 Å². The lowest BCUT2D eigenvalue weighted by Gasteiger charge is -2.09. The number of rotatable bonds is 7. The smallest absolute Gasteiger partial charge is 0.251 e. The summed E-state index contributed by atoms with van der Waals surface area (Å²) in [5.41, 5.74) is 0.598. The Bertz CT molecular complexity index is 815. The Morgan fingerprint density at radius 1 is 1.12 bits per heavy atom. The van der Waals surface area contributed by atoms with Gasteiger partial charge in [0, 0.05) is 43.4 Å². The van der Waals surface area contributed by atoms with E-state index in [1.807, 2.05) is 17.7 Å². The molecule has 0 unspecified atom stereocenters. The van der Waals surface area contributed by atoms with Gasteiger partial charge in [-0.1, -0.05) is 0 Å². The molecule has 0 aliphatic heterocycles. The number of nitrogens with one attached hydrogen (secondary N) is 1. The number of hydrogen-bond donors (Lipinski definition) is 1. The van der Waals surface area contributed by atoms with E-state index in [0.717, 1.165) is 5.75 Å². The third kappa shape index (κ3) is 4.20. The van der Waals surface area contributed by atoms with Crippen molar-refractivity contribution in [1.29, 1.82) is 0 Å². The van der Waals surface area contributed by atoms with Crippen LogP contribution in [0.25, 0.3) is 11.6 Å². The fourth-order valence-corrected chi connectivity index (χ4v) is 2.37. The van der Waals surface area contributed by atoms with Gasteiger partial charge >= 0.3 is 0 Å². The minimum absolute atomic E-state index is 0.124. The molecule has 128 valence electrons. The molecule has 1 N–H and O–H groups in total. The van der Waals surface area contributed by atoms with Crippen LogP contribution in [0, 0.1) is 0 Å². The summed E-state index contributed by atoms with van der Waals surface area (Å²) in [7, 11) is 0. The van der Waals surface area contributed by atoms with Gasteiger partial charge in [-0.15, -0.1) is 0 Å². The van der Waals surface area contributed by atoms with Gasteiger partial charge in [0.05, 0.1) is 6.61 Å². The molecule has 2 heterocycles. The number of imidazole rings is 1. The Labute approximate surface area is 145 Å². The van der Waals surface area contributed by atoms with E-state index >= 15 is 0 Å². The topological polar surface area (TPSA) is 81.9 Å². The summed E-state index contributed by atoms with van der Waals surface area (Å²) < 4.78 is 7.28. The van der Waals surface area contributed by atoms with E-state index in [2.05, 4.69) is 20.3 Å². The summed E-state index contributed by atoms with van der Waals surface area (Å²) in [4.78, 5) is 24.9. The molecule has 25 heavy (non-hydrogen) atoms. The first-order valence-electron chi connectivity index (χ1n) is 8.07. The molecule has 1 amide bonds. The SMILES string of the molecule is CCOc1ccc(C(=O)NCCn2ccnc2-c2ncccn2)cc1. The number of carbonyl (C=O) groups is 1. The highest BCUT2D eigenvalue weighted by molar-refractivity contribution is 5.94. The normalized spacial score (nSPS) is 10.4. The van der Waals surface area contributed by atoms with E-state index in [0.29, 0.717) is 36.9 Å². The summed E-state index contributed by atoms with van der Waals surface area (Å²) in [6.07, 6.45) is 6.89. The van der Waals surface area contributed by atoms with Crippen LogP contribution < -0.4 is 10.1 Å². The van der Waals surface area contributed by atoms with Crippen molar-refractivity contribution < 1.29 is 9.53 Å². The molecule has 0 fully saturated rings. The van der Waals surface area contributed by atoms with Crippen molar-refractivity contribution in [2.75, 3.05) is 13.2 Å². The van der Waals surface area contributed by atoms with E-state index in [1.54, 1.807) is 48.9 Å². The van der Waals surface area contributed by atoms with Crippen LogP contribution in [0.1, 0.15) is 17.3 Å². The number of aromatic nitrogens is 4. The number of amides is 1. The quantitative estimate of drug-likeness (QED) is 0.714. The van der Waals surface area contributed by atoms with E-state index in [1.165, 1.54) is 0 Å². The zero-order chi connectivity index (χ0) is 17.5. The van der Waals surface area contributed by atoms with Gasteiger partial charge in [-0.05, 0) is 37.3 Å². The minimum atomic E-state index is -0.124. The van der Waals surface area contributed by atoms with Crippen molar-refractivity contribution in [3.05, 3.63) is 60.7 Å². The molecule has 7 heteroatoms. The lowest BCUT2D eigenvalue weighted by molar-refractivity contribution is 0.0952. The number of benzene rings is 1. The molecule has 1 aromatic carbocycles. The van der Waals surface area contributed by atoms with E-state index in [4.69, 9.17) is 4.74 Å². The van der Waals surface area contributed by atoms with Crippen molar-refractivity contribution in [2.24, 2.45) is 0 Å². The van der Waals surface area contributed by atoms with Gasteiger partial charge in [0.15, 0.2) is 11.6 Å². The summed E-state index contributed by atoms with van der Waals surface area (Å²) in [6, 6.07) is 8.84. The maximum atomic E-state index is 12.2. The molecule has 3 aromatic rings. The second-order valence-corrected chi connectivity index (χ2v) is 5.23. The van der Waals surface area contributed by atoms with Crippen LogP contribution in [0.2, 0.25) is 0 Å². The highest BCUT2D eigenvalue weighted by Crippen LogP contribution is 2.12. The fourth-order valence-electron chi connectivity index (χ4n) is 2.37. The van der Waals surface area contributed by atoms with Crippen LogP contribution in [-0.2, 0) is 6.54 Å². The van der Waals surface area contributed by atoms with Gasteiger partial charge in [-0.2, -0.15) is 0 Å². The van der Waals surface area contributed by atoms with Crippen LogP contribution in [-0.4, -0.2) is 38.6 Å². The molecule has 0 saturated carbocycles. The Kier molecular flexibility index (Phi) is 5.36. The van der Waals surface area contributed by atoms with E-state index < -0.39 is 0 Å². The molecule has 0 aliphatic rings. The summed E-state index contributed by atoms with van der Waals surface area (Å²) >= 11 is 0. The Hall–Kier alpha value is -3.22. The third-order valence-corrected chi connectivity index (χ3v) is 3.55. The van der Waals surface area contributed by atoms with Crippen LogP contribution in [0.3, 0.4) is 0 Å². The molecular formula is C18H19N5O2. The molecule has 0 radical (unpaired) electrons. The largest absolute Gasteiger partial charge is 0.494 e. The second-order valence-electron chi connectivity index (χ2n) is 5.23. The molecule has 0 saturated heterocycles. The maximum absolute atomic E-state index is 12.2. The van der Waals surface area contributed by atoms with Gasteiger partial charge in [0.1, 0.15) is 5.75 Å². The average molecular weight is 337 g/mol. The molecule has 0 bridgehead atoms. The second kappa shape index (κ2) is 8.05. The van der Waals surface area contributed by atoms with Gasteiger partial charge in [-0.25, -0.2) is 15.0 Å². The van der Waals surface area contributed by atoms with Gasteiger partial charge in [-0.3, -0.25) is 4.79 Å². The number of ether oxygens (including phenoxy) is 1. The van der Waals surface area contributed by atoms with Gasteiger partial charge in [0.2, 0.25) is 0 Å². The molecule has 3 rings (SSSR count). The van der Waals surface area contributed by atoms with Crippen molar-refractivity contribution in [3.8, 4) is 17.4 Å². The predicted molar refractivity (Wildman–Crippen MR) is 93.2 cm³/mol. The summed E-state index contributed by atoms with van der Waals surface area (Å²) in [5.74, 6) is 1.87. The van der Waals surface area contributed by atoms with Crippen LogP contribution in [0.4, 0.5) is 0 Å². The molecular weight excluding hydrogens is 318 g/mol. The number of nitrogens with zero attached hydrogens (tertiary/aromatic N) is 4. The lowest BCUT2D eigenvalue weighted by atomic mass is 10.2. The van der Waals surface area contributed by atoms with Crippen molar-refractivity contribution in [1.82, 2.24) is 24.8 Å². The van der Waals surface area contributed by atoms with Crippen LogP contribution in [0.5, 0.6) is 5.75 Å². The van der Waals surface area contributed by atoms with Crippen LogP contribution in [0.15, 0.2) is 55.1 Å². The van der Waals surface area contributed by atoms with E-state index in [9.17, 15) is 4.79 Å². The third-order valence-electron chi connectivity index (χ3n) is 3.55. The molecule has 0 aliphatic carbocycles. The first-order valence-corrected chi connectivity index (χ1v) is 8.07. The Morgan fingerprint density at radius 3 is 2.60 bits per heavy atom. The average Bonchev–Trinajstić information content (AvgIpc) is 3.12. The highest BCUT2D eigenvalue weighted by atomic mass is 16.5. The molecule has 7 nitrogen and oxygen atoms in total. The van der Waals surface area contributed by atoms with E-state index in [-0.39, 0.29) is 5.91 Å². The fraction of sp³-hybridized carbons (Fsp3) is 0.222. The standard InChI is InChI=1S/C18H19N5O2/c1-2-25-15-6-4-14(5-7-15)18(24)22-11-13-23-12-10-21-17(23)16-19-8-3-9-20-16/h3-10,12H,2,11,13H2,1H3,(H,22,24). The zero-order valence-corrected chi connectivity index (χ0v) is 13.9.